The Morgan fingerprint density at radius 2 is 1.96 bits per heavy atom. The number of hydrogen-bond acceptors (Lipinski definition) is 7. The van der Waals surface area contributed by atoms with E-state index in [1.54, 1.807) is 13.8 Å². The number of carbonyl (C=O) groups excluding carboxylic acids is 1. The van der Waals surface area contributed by atoms with Gasteiger partial charge in [0.1, 0.15) is 12.9 Å². The van der Waals surface area contributed by atoms with Crippen molar-refractivity contribution in [3.8, 4) is 0 Å². The number of amides is 1. The van der Waals surface area contributed by atoms with E-state index < -0.39 is 24.8 Å². The molecule has 2 N–H and O–H groups in total. The lowest BCUT2D eigenvalue weighted by Gasteiger charge is -2.16. The Hall–Kier alpha value is -1.74. The average Bonchev–Trinajstić information content (AvgIpc) is 2.50. The van der Waals surface area contributed by atoms with Crippen LogP contribution >= 0.6 is 7.60 Å². The molecule has 136 valence electrons. The summed E-state index contributed by atoms with van der Waals surface area (Å²) in [6.45, 7) is 3.92. The summed E-state index contributed by atoms with van der Waals surface area (Å²) in [6.07, 6.45) is 1.03. The number of ether oxygens (including phenoxy) is 1. The van der Waals surface area contributed by atoms with Crippen LogP contribution in [0, 0.1) is 0 Å². The Labute approximate surface area is 138 Å². The van der Waals surface area contributed by atoms with Crippen molar-refractivity contribution in [3.63, 3.8) is 0 Å². The molecule has 0 atom stereocenters. The minimum Gasteiger partial charge on any atom is -0.367 e. The van der Waals surface area contributed by atoms with Crippen molar-refractivity contribution in [2.45, 2.75) is 20.4 Å². The van der Waals surface area contributed by atoms with Crippen LogP contribution in [0.15, 0.2) is 21.9 Å². The summed E-state index contributed by atoms with van der Waals surface area (Å²) >= 11 is 0. The molecule has 0 aliphatic carbocycles. The van der Waals surface area contributed by atoms with E-state index in [0.29, 0.717) is 0 Å². The number of aromatic amines is 1. The van der Waals surface area contributed by atoms with Crippen LogP contribution < -0.4 is 16.6 Å². The monoisotopic (exact) mass is 363 g/mol. The van der Waals surface area contributed by atoms with Crippen LogP contribution in [0.1, 0.15) is 13.8 Å². The molecule has 0 fully saturated rings. The van der Waals surface area contributed by atoms with E-state index >= 15 is 0 Å². The molecule has 0 aliphatic rings. The van der Waals surface area contributed by atoms with Crippen LogP contribution in [0.5, 0.6) is 0 Å². The number of rotatable bonds is 11. The molecular formula is C13H22N3O7P. The summed E-state index contributed by atoms with van der Waals surface area (Å²) in [5.41, 5.74) is -1.19. The maximum atomic E-state index is 12.1. The standard InChI is InChI=1S/C13H22N3O7P/c1-3-22-24(20,23-4-2)10-21-8-6-14-12(18)9-16-7-5-11(17)15-13(16)19/h5,7H,3-4,6,8-10H2,1-2H3,(H,14,18)(H,15,17,19). The second kappa shape index (κ2) is 10.2. The topological polar surface area (TPSA) is 129 Å². The Kier molecular flexibility index (Phi) is 8.62. The van der Waals surface area contributed by atoms with Gasteiger partial charge in [0.2, 0.25) is 5.91 Å². The van der Waals surface area contributed by atoms with Gasteiger partial charge in [-0.05, 0) is 13.8 Å². The lowest BCUT2D eigenvalue weighted by molar-refractivity contribution is -0.121. The maximum absolute atomic E-state index is 12.1. The summed E-state index contributed by atoms with van der Waals surface area (Å²) in [4.78, 5) is 36.1. The predicted octanol–water partition coefficient (Wildman–Crippen LogP) is -0.107. The highest BCUT2D eigenvalue weighted by Gasteiger charge is 2.23. The molecule has 0 radical (unpaired) electrons. The van der Waals surface area contributed by atoms with Crippen LogP contribution in [0.25, 0.3) is 0 Å². The van der Waals surface area contributed by atoms with Crippen molar-refractivity contribution in [2.75, 3.05) is 32.7 Å². The zero-order valence-corrected chi connectivity index (χ0v) is 14.5. The molecule has 11 heteroatoms. The highest BCUT2D eigenvalue weighted by molar-refractivity contribution is 7.53. The Balaban J connectivity index is 2.32. The molecule has 1 rings (SSSR count). The summed E-state index contributed by atoms with van der Waals surface area (Å²) in [5, 5.41) is 2.54. The summed E-state index contributed by atoms with van der Waals surface area (Å²) < 4.78 is 28.5. The van der Waals surface area contributed by atoms with Crippen molar-refractivity contribution >= 4 is 13.5 Å². The van der Waals surface area contributed by atoms with E-state index in [0.717, 1.165) is 10.6 Å². The number of nitrogens with zero attached hydrogens (tertiary/aromatic N) is 1. The molecule has 0 aliphatic heterocycles. The lowest BCUT2D eigenvalue weighted by atomic mass is 10.5. The molecule has 0 saturated heterocycles. The number of hydrogen-bond donors (Lipinski definition) is 2. The molecule has 1 aromatic heterocycles. The largest absolute Gasteiger partial charge is 0.367 e. The SMILES string of the molecule is CCOP(=O)(COCCNC(=O)Cn1ccc(=O)[nH]c1=O)OCC. The Bertz CT molecular complexity index is 675. The van der Waals surface area contributed by atoms with Crippen LogP contribution in [0.3, 0.4) is 0 Å². The van der Waals surface area contributed by atoms with Gasteiger partial charge in [-0.3, -0.25) is 23.7 Å². The Morgan fingerprint density at radius 1 is 1.29 bits per heavy atom. The molecule has 1 aromatic rings. The highest BCUT2D eigenvalue weighted by Crippen LogP contribution is 2.47. The van der Waals surface area contributed by atoms with Gasteiger partial charge in [-0.25, -0.2) is 4.79 Å². The summed E-state index contributed by atoms with van der Waals surface area (Å²) in [5.74, 6) is -0.425. The smallest absolute Gasteiger partial charge is 0.356 e. The summed E-state index contributed by atoms with van der Waals surface area (Å²) in [7, 11) is -3.26. The van der Waals surface area contributed by atoms with Gasteiger partial charge in [0.25, 0.3) is 5.56 Å². The second-order valence-electron chi connectivity index (χ2n) is 4.57. The maximum Gasteiger partial charge on any atom is 0.356 e. The van der Waals surface area contributed by atoms with E-state index in [1.807, 2.05) is 4.98 Å². The Morgan fingerprint density at radius 3 is 2.54 bits per heavy atom. The van der Waals surface area contributed by atoms with Crippen molar-refractivity contribution in [2.24, 2.45) is 0 Å². The van der Waals surface area contributed by atoms with Gasteiger partial charge in [-0.15, -0.1) is 0 Å². The molecule has 1 heterocycles. The van der Waals surface area contributed by atoms with E-state index in [4.69, 9.17) is 13.8 Å². The van der Waals surface area contributed by atoms with Gasteiger partial charge >= 0.3 is 13.3 Å². The van der Waals surface area contributed by atoms with Crippen LogP contribution in [0.4, 0.5) is 0 Å². The summed E-state index contributed by atoms with van der Waals surface area (Å²) in [6, 6.07) is 1.15. The van der Waals surface area contributed by atoms with Crippen LogP contribution in [-0.4, -0.2) is 48.2 Å². The van der Waals surface area contributed by atoms with Crippen LogP contribution in [-0.2, 0) is 29.7 Å². The van der Waals surface area contributed by atoms with E-state index in [1.165, 1.54) is 6.20 Å². The van der Waals surface area contributed by atoms with Gasteiger partial charge in [-0.1, -0.05) is 0 Å². The minimum atomic E-state index is -3.26. The third-order valence-corrected chi connectivity index (χ3v) is 4.48. The molecule has 0 spiro atoms. The third kappa shape index (κ3) is 7.22. The van der Waals surface area contributed by atoms with Gasteiger partial charge in [-0.2, -0.15) is 0 Å². The van der Waals surface area contributed by atoms with E-state index in [-0.39, 0.29) is 39.3 Å². The first kappa shape index (κ1) is 20.3. The zero-order valence-electron chi connectivity index (χ0n) is 13.6. The number of nitrogens with one attached hydrogen (secondary N) is 2. The zero-order chi connectivity index (χ0) is 18.0. The van der Waals surface area contributed by atoms with E-state index in [9.17, 15) is 18.9 Å². The minimum absolute atomic E-state index is 0.108. The van der Waals surface area contributed by atoms with Crippen molar-refractivity contribution in [1.29, 1.82) is 0 Å². The van der Waals surface area contributed by atoms with Crippen molar-refractivity contribution in [3.05, 3.63) is 33.1 Å². The predicted molar refractivity (Wildman–Crippen MR) is 86.0 cm³/mol. The molecule has 1 amide bonds. The first-order valence-corrected chi connectivity index (χ1v) is 9.15. The molecule has 0 aromatic carbocycles. The second-order valence-corrected chi connectivity index (χ2v) is 6.57. The van der Waals surface area contributed by atoms with Crippen molar-refractivity contribution < 1.29 is 23.1 Å². The molecule has 24 heavy (non-hydrogen) atoms. The first-order chi connectivity index (χ1) is 11.4. The highest BCUT2D eigenvalue weighted by atomic mass is 31.2. The van der Waals surface area contributed by atoms with Crippen LogP contribution in [0.2, 0.25) is 0 Å². The number of carbonyl (C=O) groups is 1. The fourth-order valence-corrected chi connectivity index (χ4v) is 3.09. The average molecular weight is 363 g/mol. The van der Waals surface area contributed by atoms with Gasteiger partial charge < -0.3 is 19.1 Å². The van der Waals surface area contributed by atoms with Gasteiger partial charge in [0.05, 0.1) is 19.8 Å². The lowest BCUT2D eigenvalue weighted by Crippen LogP contribution is -2.36. The molecule has 0 unspecified atom stereocenters. The van der Waals surface area contributed by atoms with Crippen molar-refractivity contribution in [1.82, 2.24) is 14.9 Å². The van der Waals surface area contributed by atoms with Gasteiger partial charge in [0, 0.05) is 18.8 Å². The molecule has 0 bridgehead atoms. The number of aromatic nitrogens is 2. The quantitative estimate of drug-likeness (QED) is 0.415. The fraction of sp³-hybridized carbons (Fsp3) is 0.615. The first-order valence-electron chi connectivity index (χ1n) is 7.42. The van der Waals surface area contributed by atoms with E-state index in [2.05, 4.69) is 5.32 Å². The fourth-order valence-electron chi connectivity index (χ4n) is 1.72. The molecule has 0 saturated carbocycles. The molecule has 10 nitrogen and oxygen atoms in total. The normalized spacial score (nSPS) is 11.4. The third-order valence-electron chi connectivity index (χ3n) is 2.68. The number of H-pyrrole nitrogens is 1. The molecular weight excluding hydrogens is 341 g/mol. The van der Waals surface area contributed by atoms with Gasteiger partial charge in [0.15, 0.2) is 0 Å².